The maximum atomic E-state index is 12.5. The fourth-order valence-corrected chi connectivity index (χ4v) is 2.85. The van der Waals surface area contributed by atoms with Gasteiger partial charge in [-0.05, 0) is 37.8 Å². The number of likely N-dealkylation sites (tertiary alicyclic amines) is 1. The van der Waals surface area contributed by atoms with Gasteiger partial charge in [0.1, 0.15) is 5.69 Å². The standard InChI is InChI=1S/C16H20N4O/c1-11(17)12-6-8-20(9-7-12)16(21)15-10-18-13-4-2-3-5-14(13)19-15/h2-5,10-12H,6-9,17H2,1H3. The third kappa shape index (κ3) is 2.88. The molecule has 2 aromatic rings. The first-order valence-electron chi connectivity index (χ1n) is 7.42. The van der Waals surface area contributed by atoms with Crippen LogP contribution in [0.25, 0.3) is 11.0 Å². The molecule has 0 spiro atoms. The number of fused-ring (bicyclic) bond motifs is 1. The number of benzene rings is 1. The molecule has 1 unspecified atom stereocenters. The third-order valence-electron chi connectivity index (χ3n) is 4.24. The average molecular weight is 284 g/mol. The SMILES string of the molecule is CC(N)C1CCN(C(=O)c2cnc3ccccc3n2)CC1. The molecule has 1 atom stereocenters. The fraction of sp³-hybridized carbons (Fsp3) is 0.438. The van der Waals surface area contributed by atoms with Gasteiger partial charge in [0, 0.05) is 19.1 Å². The minimum Gasteiger partial charge on any atom is -0.337 e. The van der Waals surface area contributed by atoms with E-state index in [1.54, 1.807) is 6.20 Å². The summed E-state index contributed by atoms with van der Waals surface area (Å²) in [7, 11) is 0. The van der Waals surface area contributed by atoms with Crippen LogP contribution in [0, 0.1) is 5.92 Å². The lowest BCUT2D eigenvalue weighted by molar-refractivity contribution is 0.0675. The predicted octanol–water partition coefficient (Wildman–Crippen LogP) is 1.83. The van der Waals surface area contributed by atoms with Crippen molar-refractivity contribution in [3.63, 3.8) is 0 Å². The molecule has 0 saturated carbocycles. The van der Waals surface area contributed by atoms with E-state index in [4.69, 9.17) is 5.73 Å². The first kappa shape index (κ1) is 13.9. The maximum absolute atomic E-state index is 12.5. The van der Waals surface area contributed by atoms with Gasteiger partial charge in [0.15, 0.2) is 0 Å². The maximum Gasteiger partial charge on any atom is 0.274 e. The van der Waals surface area contributed by atoms with Gasteiger partial charge in [-0.3, -0.25) is 9.78 Å². The smallest absolute Gasteiger partial charge is 0.274 e. The monoisotopic (exact) mass is 284 g/mol. The Morgan fingerprint density at radius 3 is 2.62 bits per heavy atom. The molecule has 1 amide bonds. The molecule has 2 N–H and O–H groups in total. The Morgan fingerprint density at radius 1 is 1.29 bits per heavy atom. The minimum absolute atomic E-state index is 0.0311. The first-order valence-corrected chi connectivity index (χ1v) is 7.42. The van der Waals surface area contributed by atoms with Gasteiger partial charge >= 0.3 is 0 Å². The molecule has 2 heterocycles. The molecule has 5 nitrogen and oxygen atoms in total. The molecule has 1 aliphatic rings. The summed E-state index contributed by atoms with van der Waals surface area (Å²) in [4.78, 5) is 23.1. The Bertz CT molecular complexity index is 648. The summed E-state index contributed by atoms with van der Waals surface area (Å²) < 4.78 is 0. The van der Waals surface area contributed by atoms with Gasteiger partial charge in [-0.15, -0.1) is 0 Å². The summed E-state index contributed by atoms with van der Waals surface area (Å²) in [6.07, 6.45) is 3.50. The van der Waals surface area contributed by atoms with Crippen molar-refractivity contribution in [3.05, 3.63) is 36.2 Å². The number of para-hydroxylation sites is 2. The van der Waals surface area contributed by atoms with Crippen LogP contribution >= 0.6 is 0 Å². The highest BCUT2D eigenvalue weighted by Gasteiger charge is 2.26. The lowest BCUT2D eigenvalue weighted by Crippen LogP contribution is -2.42. The Balaban J connectivity index is 1.75. The summed E-state index contributed by atoms with van der Waals surface area (Å²) >= 11 is 0. The summed E-state index contributed by atoms with van der Waals surface area (Å²) in [5, 5.41) is 0. The predicted molar refractivity (Wildman–Crippen MR) is 81.8 cm³/mol. The van der Waals surface area contributed by atoms with Gasteiger partial charge in [0.2, 0.25) is 0 Å². The second-order valence-electron chi connectivity index (χ2n) is 5.73. The Labute approximate surface area is 124 Å². The molecule has 1 aromatic heterocycles. The highest BCUT2D eigenvalue weighted by atomic mass is 16.2. The number of rotatable bonds is 2. The second kappa shape index (κ2) is 5.77. The van der Waals surface area contributed by atoms with E-state index in [0.29, 0.717) is 11.6 Å². The highest BCUT2D eigenvalue weighted by molar-refractivity contribution is 5.93. The number of amides is 1. The van der Waals surface area contributed by atoms with Crippen molar-refractivity contribution >= 4 is 16.9 Å². The van der Waals surface area contributed by atoms with E-state index in [-0.39, 0.29) is 11.9 Å². The van der Waals surface area contributed by atoms with E-state index >= 15 is 0 Å². The molecule has 110 valence electrons. The van der Waals surface area contributed by atoms with Crippen molar-refractivity contribution < 1.29 is 4.79 Å². The van der Waals surface area contributed by atoms with Crippen LogP contribution in [0.5, 0.6) is 0 Å². The molecule has 0 bridgehead atoms. The molecule has 21 heavy (non-hydrogen) atoms. The van der Waals surface area contributed by atoms with E-state index in [1.165, 1.54) is 0 Å². The highest BCUT2D eigenvalue weighted by Crippen LogP contribution is 2.21. The van der Waals surface area contributed by atoms with Crippen LogP contribution in [-0.4, -0.2) is 39.9 Å². The molecular weight excluding hydrogens is 264 g/mol. The number of carbonyl (C=O) groups is 1. The fourth-order valence-electron chi connectivity index (χ4n) is 2.85. The van der Waals surface area contributed by atoms with Crippen LogP contribution in [0.3, 0.4) is 0 Å². The largest absolute Gasteiger partial charge is 0.337 e. The van der Waals surface area contributed by atoms with Gasteiger partial charge in [-0.2, -0.15) is 0 Å². The molecule has 0 radical (unpaired) electrons. The van der Waals surface area contributed by atoms with Gasteiger partial charge in [0.25, 0.3) is 5.91 Å². The summed E-state index contributed by atoms with van der Waals surface area (Å²) in [5.74, 6) is 0.480. The zero-order valence-electron chi connectivity index (χ0n) is 12.2. The van der Waals surface area contributed by atoms with E-state index in [1.807, 2.05) is 36.1 Å². The normalized spacial score (nSPS) is 17.9. The quantitative estimate of drug-likeness (QED) is 0.913. The van der Waals surface area contributed by atoms with Crippen molar-refractivity contribution in [2.24, 2.45) is 11.7 Å². The van der Waals surface area contributed by atoms with Crippen LogP contribution in [0.15, 0.2) is 30.5 Å². The Morgan fingerprint density at radius 2 is 1.95 bits per heavy atom. The van der Waals surface area contributed by atoms with Gasteiger partial charge in [-0.1, -0.05) is 12.1 Å². The van der Waals surface area contributed by atoms with Crippen LogP contribution in [-0.2, 0) is 0 Å². The number of hydrogen-bond donors (Lipinski definition) is 1. The molecule has 1 saturated heterocycles. The van der Waals surface area contributed by atoms with Gasteiger partial charge in [-0.25, -0.2) is 4.98 Å². The van der Waals surface area contributed by atoms with Crippen LogP contribution in [0.4, 0.5) is 0 Å². The molecule has 0 aliphatic carbocycles. The second-order valence-corrected chi connectivity index (χ2v) is 5.73. The molecule has 3 rings (SSSR count). The number of nitrogens with two attached hydrogens (primary N) is 1. The number of hydrogen-bond acceptors (Lipinski definition) is 4. The zero-order valence-corrected chi connectivity index (χ0v) is 12.2. The number of aromatic nitrogens is 2. The van der Waals surface area contributed by atoms with Crippen molar-refractivity contribution in [2.45, 2.75) is 25.8 Å². The third-order valence-corrected chi connectivity index (χ3v) is 4.24. The summed E-state index contributed by atoms with van der Waals surface area (Å²) in [5.41, 5.74) is 7.93. The van der Waals surface area contributed by atoms with Crippen molar-refractivity contribution in [3.8, 4) is 0 Å². The van der Waals surface area contributed by atoms with E-state index in [0.717, 1.165) is 37.0 Å². The number of piperidine rings is 1. The minimum atomic E-state index is -0.0311. The van der Waals surface area contributed by atoms with Crippen molar-refractivity contribution in [2.75, 3.05) is 13.1 Å². The van der Waals surface area contributed by atoms with Crippen molar-refractivity contribution in [1.29, 1.82) is 0 Å². The summed E-state index contributed by atoms with van der Waals surface area (Å²) in [6.45, 7) is 3.54. The molecular formula is C16H20N4O. The molecule has 1 aromatic carbocycles. The van der Waals surface area contributed by atoms with E-state index in [9.17, 15) is 4.79 Å². The van der Waals surface area contributed by atoms with E-state index in [2.05, 4.69) is 9.97 Å². The van der Waals surface area contributed by atoms with Crippen LogP contribution < -0.4 is 5.73 Å². The average Bonchev–Trinajstić information content (AvgIpc) is 2.54. The zero-order chi connectivity index (χ0) is 14.8. The number of carbonyl (C=O) groups excluding carboxylic acids is 1. The van der Waals surface area contributed by atoms with Crippen LogP contribution in [0.2, 0.25) is 0 Å². The van der Waals surface area contributed by atoms with Gasteiger partial charge < -0.3 is 10.6 Å². The van der Waals surface area contributed by atoms with E-state index < -0.39 is 0 Å². The Kier molecular flexibility index (Phi) is 3.84. The lowest BCUT2D eigenvalue weighted by Gasteiger charge is -2.33. The number of nitrogens with zero attached hydrogens (tertiary/aromatic N) is 3. The van der Waals surface area contributed by atoms with Crippen molar-refractivity contribution in [1.82, 2.24) is 14.9 Å². The molecule has 5 heteroatoms. The first-order chi connectivity index (χ1) is 10.1. The van der Waals surface area contributed by atoms with Crippen LogP contribution in [0.1, 0.15) is 30.3 Å². The Hall–Kier alpha value is -2.01. The lowest BCUT2D eigenvalue weighted by atomic mass is 9.91. The molecule has 1 aliphatic heterocycles. The topological polar surface area (TPSA) is 72.1 Å². The molecule has 1 fully saturated rings. The van der Waals surface area contributed by atoms with Gasteiger partial charge in [0.05, 0.1) is 17.2 Å². The summed E-state index contributed by atoms with van der Waals surface area (Å²) in [6, 6.07) is 7.78.